The maximum Gasteiger partial charge on any atom is 0.304 e. The van der Waals surface area contributed by atoms with E-state index in [4.69, 9.17) is 0 Å². The van der Waals surface area contributed by atoms with Crippen LogP contribution in [-0.4, -0.2) is 16.1 Å². The third-order valence-corrected chi connectivity index (χ3v) is 7.18. The molecule has 0 unspecified atom stereocenters. The smallest absolute Gasteiger partial charge is 0.304 e. The quantitative estimate of drug-likeness (QED) is 0.310. The van der Waals surface area contributed by atoms with Crippen LogP contribution in [0.4, 0.5) is 0 Å². The lowest BCUT2D eigenvalue weighted by molar-refractivity contribution is -0.137. The number of nitriles is 1. The van der Waals surface area contributed by atoms with Gasteiger partial charge in [-0.2, -0.15) is 5.26 Å². The Morgan fingerprint density at radius 1 is 0.939 bits per heavy atom. The van der Waals surface area contributed by atoms with E-state index in [2.05, 4.69) is 17.1 Å². The van der Waals surface area contributed by atoms with Gasteiger partial charge >= 0.3 is 5.97 Å². The summed E-state index contributed by atoms with van der Waals surface area (Å²) in [5.41, 5.74) is 3.77. The molecule has 160 valence electrons. The van der Waals surface area contributed by atoms with Crippen molar-refractivity contribution in [3.8, 4) is 17.2 Å². The van der Waals surface area contributed by atoms with Crippen molar-refractivity contribution in [2.75, 3.05) is 0 Å². The van der Waals surface area contributed by atoms with Gasteiger partial charge in [0.1, 0.15) is 0 Å². The molecule has 0 saturated carbocycles. The zero-order chi connectivity index (χ0) is 22.8. The second-order valence-corrected chi connectivity index (χ2v) is 9.17. The van der Waals surface area contributed by atoms with Crippen LogP contribution in [0.3, 0.4) is 0 Å². The van der Waals surface area contributed by atoms with Gasteiger partial charge in [-0.1, -0.05) is 60.7 Å². The topological polar surface area (TPSA) is 74.0 Å². The zero-order valence-corrected chi connectivity index (χ0v) is 18.5. The van der Waals surface area contributed by atoms with Crippen molar-refractivity contribution in [3.05, 3.63) is 101 Å². The van der Waals surface area contributed by atoms with E-state index in [9.17, 15) is 15.2 Å². The standard InChI is InChI=1S/C28H20N2O2S/c29-15-19-10-11-23(22-9-5-4-8-21(19)22)25-16-30-17-27-24(25)14-26(33-27)20(13-28(31)32)12-18-6-2-1-3-7-18/h1-11,14,16-17,20H,12-13H2,(H,31,32)/t20-/m1/s1. The Labute approximate surface area is 195 Å². The Morgan fingerprint density at radius 2 is 1.70 bits per heavy atom. The minimum atomic E-state index is -0.801. The number of benzene rings is 3. The van der Waals surface area contributed by atoms with Crippen LogP contribution in [0.25, 0.3) is 32.0 Å². The number of hydrogen-bond donors (Lipinski definition) is 1. The molecule has 0 amide bonds. The molecule has 33 heavy (non-hydrogen) atoms. The third-order valence-electron chi connectivity index (χ3n) is 5.95. The van der Waals surface area contributed by atoms with Crippen molar-refractivity contribution >= 4 is 38.2 Å². The number of nitrogens with zero attached hydrogens (tertiary/aromatic N) is 2. The first kappa shape index (κ1) is 20.9. The number of carboxylic acids is 1. The monoisotopic (exact) mass is 448 g/mol. The molecule has 0 spiro atoms. The van der Waals surface area contributed by atoms with E-state index in [0.717, 1.165) is 42.4 Å². The van der Waals surface area contributed by atoms with Crippen molar-refractivity contribution in [3.63, 3.8) is 0 Å². The number of hydrogen-bond acceptors (Lipinski definition) is 4. The van der Waals surface area contributed by atoms with Gasteiger partial charge in [-0.05, 0) is 35.1 Å². The fourth-order valence-corrected chi connectivity index (χ4v) is 5.57. The Morgan fingerprint density at radius 3 is 2.45 bits per heavy atom. The van der Waals surface area contributed by atoms with Crippen molar-refractivity contribution < 1.29 is 9.90 Å². The summed E-state index contributed by atoms with van der Waals surface area (Å²) in [6.07, 6.45) is 4.45. The van der Waals surface area contributed by atoms with E-state index >= 15 is 0 Å². The van der Waals surface area contributed by atoms with Crippen LogP contribution in [0, 0.1) is 11.3 Å². The van der Waals surface area contributed by atoms with Crippen molar-refractivity contribution in [2.24, 2.45) is 0 Å². The molecule has 2 aromatic heterocycles. The molecule has 0 bridgehead atoms. The highest BCUT2D eigenvalue weighted by Gasteiger charge is 2.21. The zero-order valence-electron chi connectivity index (χ0n) is 17.7. The molecule has 1 atom stereocenters. The van der Waals surface area contributed by atoms with Crippen molar-refractivity contribution in [1.29, 1.82) is 5.26 Å². The molecule has 0 radical (unpaired) electrons. The van der Waals surface area contributed by atoms with Gasteiger partial charge in [0.25, 0.3) is 0 Å². The molecular weight excluding hydrogens is 428 g/mol. The third kappa shape index (κ3) is 4.09. The molecule has 0 aliphatic heterocycles. The summed E-state index contributed by atoms with van der Waals surface area (Å²) in [5.74, 6) is -0.919. The van der Waals surface area contributed by atoms with E-state index in [1.54, 1.807) is 11.3 Å². The lowest BCUT2D eigenvalue weighted by atomic mass is 9.92. The lowest BCUT2D eigenvalue weighted by Gasteiger charge is -2.13. The summed E-state index contributed by atoms with van der Waals surface area (Å²) in [6, 6.07) is 26.2. The molecule has 0 saturated heterocycles. The molecule has 5 aromatic rings. The molecule has 5 rings (SSSR count). The first-order valence-corrected chi connectivity index (χ1v) is 11.5. The maximum absolute atomic E-state index is 11.6. The van der Waals surface area contributed by atoms with Crippen molar-refractivity contribution in [1.82, 2.24) is 4.98 Å². The first-order chi connectivity index (χ1) is 16.1. The molecule has 2 heterocycles. The molecule has 0 fully saturated rings. The van der Waals surface area contributed by atoms with Gasteiger partial charge in [-0.3, -0.25) is 9.78 Å². The van der Waals surface area contributed by atoms with Gasteiger partial charge in [0.15, 0.2) is 0 Å². The normalized spacial score (nSPS) is 12.0. The van der Waals surface area contributed by atoms with Crippen LogP contribution >= 0.6 is 11.3 Å². The summed E-state index contributed by atoms with van der Waals surface area (Å²) >= 11 is 1.61. The lowest BCUT2D eigenvalue weighted by Crippen LogP contribution is -2.08. The summed E-state index contributed by atoms with van der Waals surface area (Å²) in [6.45, 7) is 0. The van der Waals surface area contributed by atoms with Crippen LogP contribution in [-0.2, 0) is 11.2 Å². The van der Waals surface area contributed by atoms with E-state index in [0.29, 0.717) is 12.0 Å². The highest BCUT2D eigenvalue weighted by molar-refractivity contribution is 7.19. The fraction of sp³-hybridized carbons (Fsp3) is 0.107. The number of carbonyl (C=O) groups is 1. The van der Waals surface area contributed by atoms with E-state index < -0.39 is 5.97 Å². The Kier molecular flexibility index (Phi) is 5.60. The van der Waals surface area contributed by atoms with E-state index in [-0.39, 0.29) is 12.3 Å². The van der Waals surface area contributed by atoms with Crippen LogP contribution in [0.5, 0.6) is 0 Å². The highest BCUT2D eigenvalue weighted by atomic mass is 32.1. The predicted octanol–water partition coefficient (Wildman–Crippen LogP) is 6.79. The summed E-state index contributed by atoms with van der Waals surface area (Å²) in [4.78, 5) is 17.2. The number of carboxylic acid groups (broad SMARTS) is 1. The summed E-state index contributed by atoms with van der Waals surface area (Å²) in [5, 5.41) is 22.1. The van der Waals surface area contributed by atoms with Gasteiger partial charge in [-0.15, -0.1) is 11.3 Å². The minimum Gasteiger partial charge on any atom is -0.481 e. The van der Waals surface area contributed by atoms with Gasteiger partial charge in [0.2, 0.25) is 0 Å². The number of aliphatic carboxylic acids is 1. The largest absolute Gasteiger partial charge is 0.481 e. The second-order valence-electron chi connectivity index (χ2n) is 8.05. The number of thiophene rings is 1. The van der Waals surface area contributed by atoms with Gasteiger partial charge < -0.3 is 5.11 Å². The minimum absolute atomic E-state index is 0.0737. The fourth-order valence-electron chi connectivity index (χ4n) is 4.41. The predicted molar refractivity (Wildman–Crippen MR) is 132 cm³/mol. The first-order valence-electron chi connectivity index (χ1n) is 10.7. The molecule has 3 aromatic carbocycles. The van der Waals surface area contributed by atoms with E-state index in [1.165, 1.54) is 0 Å². The molecule has 1 N–H and O–H groups in total. The summed E-state index contributed by atoms with van der Waals surface area (Å²) < 4.78 is 1.03. The van der Waals surface area contributed by atoms with Gasteiger partial charge in [-0.25, -0.2) is 0 Å². The molecule has 4 nitrogen and oxygen atoms in total. The Hall–Kier alpha value is -4.01. The van der Waals surface area contributed by atoms with E-state index in [1.807, 2.05) is 79.1 Å². The maximum atomic E-state index is 11.6. The average Bonchev–Trinajstić information content (AvgIpc) is 3.28. The average molecular weight is 449 g/mol. The molecule has 0 aliphatic carbocycles. The molecular formula is C28H20N2O2S. The van der Waals surface area contributed by atoms with Crippen molar-refractivity contribution in [2.45, 2.75) is 18.8 Å². The molecule has 0 aliphatic rings. The van der Waals surface area contributed by atoms with Gasteiger partial charge in [0, 0.05) is 39.5 Å². The molecule has 5 heteroatoms. The van der Waals surface area contributed by atoms with Crippen LogP contribution in [0.2, 0.25) is 0 Å². The summed E-state index contributed by atoms with van der Waals surface area (Å²) in [7, 11) is 0. The van der Waals surface area contributed by atoms with Crippen LogP contribution < -0.4 is 0 Å². The number of aromatic nitrogens is 1. The number of pyridine rings is 1. The second kappa shape index (κ2) is 8.85. The van der Waals surface area contributed by atoms with Gasteiger partial charge in [0.05, 0.1) is 22.8 Å². The highest BCUT2D eigenvalue weighted by Crippen LogP contribution is 2.40. The van der Waals surface area contributed by atoms with Crippen LogP contribution in [0.15, 0.2) is 85.2 Å². The number of fused-ring (bicyclic) bond motifs is 2. The Bertz CT molecular complexity index is 1520. The number of rotatable bonds is 6. The SMILES string of the molecule is N#Cc1ccc(-c2cncc3sc([C@@H](CC(=O)O)Cc4ccccc4)cc23)c2ccccc12. The Balaban J connectivity index is 1.64. The van der Waals surface area contributed by atoms with Crippen LogP contribution in [0.1, 0.15) is 28.3 Å².